The predicted molar refractivity (Wildman–Crippen MR) is 70.2 cm³/mol. The lowest BCUT2D eigenvalue weighted by Gasteiger charge is -2.17. The number of halogens is 1. The van der Waals surface area contributed by atoms with Crippen molar-refractivity contribution in [2.75, 3.05) is 0 Å². The van der Waals surface area contributed by atoms with E-state index in [1.807, 2.05) is 0 Å². The third kappa shape index (κ3) is 3.04. The molecule has 1 heterocycles. The van der Waals surface area contributed by atoms with Crippen molar-refractivity contribution in [3.8, 4) is 0 Å². The summed E-state index contributed by atoms with van der Waals surface area (Å²) in [6.45, 7) is 1.78. The first kappa shape index (κ1) is 13.8. The molecule has 2 rings (SSSR count). The molecule has 1 aromatic heterocycles. The Morgan fingerprint density at radius 3 is 2.84 bits per heavy atom. The zero-order valence-electron chi connectivity index (χ0n) is 10.5. The van der Waals surface area contributed by atoms with Crippen LogP contribution in [-0.2, 0) is 4.79 Å². The number of carbonyl (C=O) groups is 2. The van der Waals surface area contributed by atoms with Gasteiger partial charge in [-0.05, 0) is 25.8 Å². The number of amides is 1. The number of carbonyl (C=O) groups excluding carboxylic acids is 1. The van der Waals surface area contributed by atoms with Crippen molar-refractivity contribution in [3.63, 3.8) is 0 Å². The minimum absolute atomic E-state index is 0.281. The van der Waals surface area contributed by atoms with E-state index in [9.17, 15) is 9.59 Å². The number of pyridine rings is 1. The van der Waals surface area contributed by atoms with Crippen LogP contribution in [-0.4, -0.2) is 28.0 Å². The van der Waals surface area contributed by atoms with Crippen LogP contribution < -0.4 is 5.32 Å². The van der Waals surface area contributed by atoms with Crippen molar-refractivity contribution in [3.05, 3.63) is 28.5 Å². The van der Waals surface area contributed by atoms with Gasteiger partial charge in [-0.1, -0.05) is 18.0 Å². The molecule has 6 heteroatoms. The molecule has 0 radical (unpaired) electrons. The largest absolute Gasteiger partial charge is 0.481 e. The van der Waals surface area contributed by atoms with E-state index in [1.165, 1.54) is 6.20 Å². The molecule has 1 amide bonds. The molecule has 1 fully saturated rings. The molecule has 1 aliphatic rings. The molecule has 0 bridgehead atoms. The molecule has 1 aliphatic carbocycles. The molecule has 0 saturated heterocycles. The summed E-state index contributed by atoms with van der Waals surface area (Å²) < 4.78 is 0. The molecular weight excluding hydrogens is 268 g/mol. The first-order valence-corrected chi connectivity index (χ1v) is 6.52. The number of aromatic nitrogens is 1. The minimum Gasteiger partial charge on any atom is -0.481 e. The number of nitrogens with zero attached hydrogens (tertiary/aromatic N) is 1. The molecule has 19 heavy (non-hydrogen) atoms. The van der Waals surface area contributed by atoms with Crippen LogP contribution in [0.1, 0.15) is 35.3 Å². The maximum absolute atomic E-state index is 12.1. The predicted octanol–water partition coefficient (Wildman–Crippen LogP) is 2.03. The van der Waals surface area contributed by atoms with Crippen LogP contribution in [0.3, 0.4) is 0 Å². The maximum atomic E-state index is 12.1. The highest BCUT2D eigenvalue weighted by atomic mass is 35.5. The van der Waals surface area contributed by atoms with Crippen molar-refractivity contribution < 1.29 is 14.7 Å². The second-order valence-corrected chi connectivity index (χ2v) is 5.17. The quantitative estimate of drug-likeness (QED) is 0.889. The Bertz CT molecular complexity index is 519. The van der Waals surface area contributed by atoms with Crippen LogP contribution in [0.25, 0.3) is 0 Å². The molecule has 0 aliphatic heterocycles. The Morgan fingerprint density at radius 2 is 2.21 bits per heavy atom. The SMILES string of the molecule is Cc1cc(Cl)c(C(=O)NC2CCCC2C(=O)O)cn1. The molecule has 5 nitrogen and oxygen atoms in total. The van der Waals surface area contributed by atoms with Crippen LogP contribution in [0.4, 0.5) is 0 Å². The Labute approximate surface area is 116 Å². The average molecular weight is 283 g/mol. The van der Waals surface area contributed by atoms with Gasteiger partial charge in [-0.3, -0.25) is 14.6 Å². The number of aliphatic carboxylic acids is 1. The highest BCUT2D eigenvalue weighted by Crippen LogP contribution is 2.26. The Hall–Kier alpha value is -1.62. The van der Waals surface area contributed by atoms with Gasteiger partial charge in [0.2, 0.25) is 0 Å². The summed E-state index contributed by atoms with van der Waals surface area (Å²) in [6, 6.07) is 1.28. The van der Waals surface area contributed by atoms with Crippen LogP contribution >= 0.6 is 11.6 Å². The molecule has 2 N–H and O–H groups in total. The first-order chi connectivity index (χ1) is 8.99. The first-order valence-electron chi connectivity index (χ1n) is 6.15. The van der Waals surface area contributed by atoms with E-state index in [2.05, 4.69) is 10.3 Å². The Balaban J connectivity index is 2.10. The summed E-state index contributed by atoms with van der Waals surface area (Å²) in [5, 5.41) is 12.1. The summed E-state index contributed by atoms with van der Waals surface area (Å²) in [5.41, 5.74) is 1.01. The number of hydrogen-bond acceptors (Lipinski definition) is 3. The van der Waals surface area contributed by atoms with Crippen molar-refractivity contribution in [2.45, 2.75) is 32.2 Å². The fourth-order valence-electron chi connectivity index (χ4n) is 2.37. The van der Waals surface area contributed by atoms with E-state index in [1.54, 1.807) is 13.0 Å². The van der Waals surface area contributed by atoms with Crippen molar-refractivity contribution in [2.24, 2.45) is 5.92 Å². The molecule has 0 aromatic carbocycles. The summed E-state index contributed by atoms with van der Waals surface area (Å²) in [6.07, 6.45) is 3.50. The van der Waals surface area contributed by atoms with E-state index >= 15 is 0 Å². The van der Waals surface area contributed by atoms with Gasteiger partial charge in [0.15, 0.2) is 0 Å². The van der Waals surface area contributed by atoms with Crippen molar-refractivity contribution in [1.82, 2.24) is 10.3 Å². The summed E-state index contributed by atoms with van der Waals surface area (Å²) >= 11 is 5.99. The van der Waals surface area contributed by atoms with Crippen LogP contribution in [0.15, 0.2) is 12.3 Å². The zero-order valence-corrected chi connectivity index (χ0v) is 11.3. The summed E-state index contributed by atoms with van der Waals surface area (Å²) in [4.78, 5) is 27.2. The lowest BCUT2D eigenvalue weighted by atomic mass is 10.0. The third-order valence-corrected chi connectivity index (χ3v) is 3.70. The highest BCUT2D eigenvalue weighted by Gasteiger charge is 2.34. The van der Waals surface area contributed by atoms with Crippen molar-refractivity contribution in [1.29, 1.82) is 0 Å². The number of rotatable bonds is 3. The molecule has 1 aromatic rings. The van der Waals surface area contributed by atoms with E-state index in [0.29, 0.717) is 17.9 Å². The number of aryl methyl sites for hydroxylation is 1. The second-order valence-electron chi connectivity index (χ2n) is 4.76. The standard InChI is InChI=1S/C13H15ClN2O3/c1-7-5-10(14)9(6-15-7)12(17)16-11-4-2-3-8(11)13(18)19/h5-6,8,11H,2-4H2,1H3,(H,16,17)(H,18,19). The monoisotopic (exact) mass is 282 g/mol. The summed E-state index contributed by atoms with van der Waals surface area (Å²) in [5.74, 6) is -1.74. The normalized spacial score (nSPS) is 22.2. The van der Waals surface area contributed by atoms with Gasteiger partial charge in [-0.25, -0.2) is 0 Å². The van der Waals surface area contributed by atoms with Crippen molar-refractivity contribution >= 4 is 23.5 Å². The smallest absolute Gasteiger partial charge is 0.308 e. The number of nitrogens with one attached hydrogen (secondary N) is 1. The van der Waals surface area contributed by atoms with Gasteiger partial charge in [0.25, 0.3) is 5.91 Å². The van der Waals surface area contributed by atoms with Gasteiger partial charge < -0.3 is 10.4 Å². The van der Waals surface area contributed by atoms with Gasteiger partial charge in [0.05, 0.1) is 16.5 Å². The fourth-order valence-corrected chi connectivity index (χ4v) is 2.66. The number of hydrogen-bond donors (Lipinski definition) is 2. The Kier molecular flexibility index (Phi) is 4.04. The third-order valence-electron chi connectivity index (χ3n) is 3.38. The van der Waals surface area contributed by atoms with E-state index in [4.69, 9.17) is 16.7 Å². The van der Waals surface area contributed by atoms with Crippen LogP contribution in [0.2, 0.25) is 5.02 Å². The zero-order chi connectivity index (χ0) is 14.0. The molecular formula is C13H15ClN2O3. The summed E-state index contributed by atoms with van der Waals surface area (Å²) in [7, 11) is 0. The molecule has 2 atom stereocenters. The lowest BCUT2D eigenvalue weighted by molar-refractivity contribution is -0.142. The highest BCUT2D eigenvalue weighted by molar-refractivity contribution is 6.33. The maximum Gasteiger partial charge on any atom is 0.308 e. The van der Waals surface area contributed by atoms with E-state index in [0.717, 1.165) is 12.1 Å². The lowest BCUT2D eigenvalue weighted by Crippen LogP contribution is -2.40. The fraction of sp³-hybridized carbons (Fsp3) is 0.462. The van der Waals surface area contributed by atoms with Gasteiger partial charge in [0.1, 0.15) is 0 Å². The van der Waals surface area contributed by atoms with E-state index < -0.39 is 11.9 Å². The van der Waals surface area contributed by atoms with E-state index in [-0.39, 0.29) is 17.5 Å². The molecule has 0 spiro atoms. The van der Waals surface area contributed by atoms with Crippen LogP contribution in [0.5, 0.6) is 0 Å². The van der Waals surface area contributed by atoms with Gasteiger partial charge in [0, 0.05) is 17.9 Å². The van der Waals surface area contributed by atoms with Crippen LogP contribution in [0, 0.1) is 12.8 Å². The number of carboxylic acids is 1. The molecule has 1 saturated carbocycles. The molecule has 102 valence electrons. The molecule has 2 unspecified atom stereocenters. The van der Waals surface area contributed by atoms with Gasteiger partial charge in [-0.2, -0.15) is 0 Å². The Morgan fingerprint density at radius 1 is 1.47 bits per heavy atom. The minimum atomic E-state index is -0.865. The van der Waals surface area contributed by atoms with Gasteiger partial charge in [-0.15, -0.1) is 0 Å². The number of carboxylic acid groups (broad SMARTS) is 1. The topological polar surface area (TPSA) is 79.3 Å². The second kappa shape index (κ2) is 5.57. The average Bonchev–Trinajstić information content (AvgIpc) is 2.76. The van der Waals surface area contributed by atoms with Gasteiger partial charge >= 0.3 is 5.97 Å².